The van der Waals surface area contributed by atoms with Gasteiger partial charge in [-0.3, -0.25) is 14.5 Å². The number of rotatable bonds is 16. The number of ether oxygens (including phenoxy) is 1. The van der Waals surface area contributed by atoms with E-state index in [1.807, 2.05) is 47.8 Å². The standard InChI is InChI=1S/C45H59N7O6S2/c1-60(56,57)48-23-8-7-15-39(49-35-18-20-45(21-19-35)22-24-50(32-45)30-33-10-3-2-4-11-33)43(54)52-26-25-51(31-40(52)42(53)47-29-36-12-9-27-59-36)44(55)58-41-17-16-34(28-46)37-13-5-6-14-38(37)41/h2-6,9-14,16-17,27,35,39-40,48-49H,7-8,15,18-26,28-32,46H2,1H3,(H,47,53)/t35?,39-,40+,45?/m1/s1. The van der Waals surface area contributed by atoms with E-state index in [-0.39, 0.29) is 49.5 Å². The molecular weight excluding hydrogens is 799 g/mol. The lowest BCUT2D eigenvalue weighted by atomic mass is 9.72. The second-order valence-electron chi connectivity index (χ2n) is 16.7. The molecule has 3 aromatic carbocycles. The van der Waals surface area contributed by atoms with Crippen molar-refractivity contribution in [1.82, 2.24) is 30.1 Å². The molecule has 3 aliphatic rings. The average Bonchev–Trinajstić information content (AvgIpc) is 3.93. The fourth-order valence-corrected chi connectivity index (χ4v) is 10.4. The number of carbonyl (C=O) groups is 3. The third kappa shape index (κ3) is 11.3. The predicted octanol–water partition coefficient (Wildman–Crippen LogP) is 5.20. The van der Waals surface area contributed by atoms with E-state index < -0.39 is 28.2 Å². The summed E-state index contributed by atoms with van der Waals surface area (Å²) >= 11 is 1.53. The molecule has 1 saturated carbocycles. The Morgan fingerprint density at radius 1 is 0.917 bits per heavy atom. The van der Waals surface area contributed by atoms with Gasteiger partial charge < -0.3 is 30.9 Å². The zero-order valence-electron chi connectivity index (χ0n) is 34.5. The first kappa shape index (κ1) is 43.7. The fraction of sp³-hybridized carbons (Fsp3) is 0.489. The minimum Gasteiger partial charge on any atom is -0.410 e. The Kier molecular flexibility index (Phi) is 14.6. The zero-order valence-corrected chi connectivity index (χ0v) is 36.2. The molecule has 5 N–H and O–H groups in total. The van der Waals surface area contributed by atoms with Crippen molar-refractivity contribution >= 4 is 50.0 Å². The molecule has 2 saturated heterocycles. The molecule has 0 unspecified atom stereocenters. The molecule has 0 bridgehead atoms. The summed E-state index contributed by atoms with van der Waals surface area (Å²) in [6.07, 6.45) is 7.42. The lowest BCUT2D eigenvalue weighted by molar-refractivity contribution is -0.145. The maximum absolute atomic E-state index is 14.8. The van der Waals surface area contributed by atoms with Crippen LogP contribution in [0.25, 0.3) is 10.8 Å². The molecular formula is C45H59N7O6S2. The Hall–Kier alpha value is -4.38. The molecule has 3 heterocycles. The molecule has 2 aliphatic heterocycles. The Morgan fingerprint density at radius 2 is 1.68 bits per heavy atom. The average molecular weight is 858 g/mol. The molecule has 15 heteroatoms. The summed E-state index contributed by atoms with van der Waals surface area (Å²) in [5.41, 5.74) is 8.53. The lowest BCUT2D eigenvalue weighted by Gasteiger charge is -2.43. The smallest absolute Gasteiger partial charge is 0.410 e. The number of hydrogen-bond donors (Lipinski definition) is 4. The van der Waals surface area contributed by atoms with Crippen LogP contribution in [0.4, 0.5) is 4.79 Å². The highest BCUT2D eigenvalue weighted by atomic mass is 32.2. The summed E-state index contributed by atoms with van der Waals surface area (Å²) in [5.74, 6) is -0.131. The largest absolute Gasteiger partial charge is 0.415 e. The number of amides is 3. The van der Waals surface area contributed by atoms with Gasteiger partial charge in [-0.1, -0.05) is 73.2 Å². The topological polar surface area (TPSA) is 166 Å². The molecule has 1 aliphatic carbocycles. The minimum absolute atomic E-state index is 0.0317. The van der Waals surface area contributed by atoms with E-state index in [0.29, 0.717) is 38.1 Å². The molecule has 1 spiro atoms. The van der Waals surface area contributed by atoms with Crippen molar-refractivity contribution in [2.45, 2.75) is 89.1 Å². The van der Waals surface area contributed by atoms with Crippen LogP contribution in [0.1, 0.15) is 67.4 Å². The number of piperazine rings is 1. The van der Waals surface area contributed by atoms with Gasteiger partial charge in [-0.25, -0.2) is 17.9 Å². The summed E-state index contributed by atoms with van der Waals surface area (Å²) in [5, 5.41) is 10.4. The Balaban J connectivity index is 1.04. The minimum atomic E-state index is -3.33. The molecule has 1 aromatic heterocycles. The second-order valence-corrected chi connectivity index (χ2v) is 19.6. The number of benzene rings is 3. The molecule has 322 valence electrons. The quantitative estimate of drug-likeness (QED) is 0.111. The van der Waals surface area contributed by atoms with E-state index in [0.717, 1.165) is 72.8 Å². The molecule has 3 fully saturated rings. The van der Waals surface area contributed by atoms with Gasteiger partial charge in [0, 0.05) is 55.6 Å². The van der Waals surface area contributed by atoms with Crippen LogP contribution in [0.15, 0.2) is 84.2 Å². The number of likely N-dealkylation sites (tertiary alicyclic amines) is 1. The van der Waals surface area contributed by atoms with Gasteiger partial charge in [-0.2, -0.15) is 0 Å². The van der Waals surface area contributed by atoms with Gasteiger partial charge in [0.2, 0.25) is 21.8 Å². The number of fused-ring (bicyclic) bond motifs is 1. The van der Waals surface area contributed by atoms with Crippen LogP contribution in [0.2, 0.25) is 0 Å². The highest BCUT2D eigenvalue weighted by Crippen LogP contribution is 2.44. The number of thiophene rings is 1. The van der Waals surface area contributed by atoms with Crippen LogP contribution in [-0.2, 0) is 39.2 Å². The Bertz CT molecular complexity index is 2180. The summed E-state index contributed by atoms with van der Waals surface area (Å²) in [6, 6.07) is 24.3. The monoisotopic (exact) mass is 857 g/mol. The number of nitrogens with one attached hydrogen (secondary N) is 3. The SMILES string of the molecule is CS(=O)(=O)NCCCC[C@@H](NC1CCC2(CC1)CCN(Cc1ccccc1)C2)C(=O)N1CCN(C(=O)Oc2ccc(CN)c3ccccc23)C[C@H]1C(=O)NCc1cccs1. The van der Waals surface area contributed by atoms with Gasteiger partial charge in [0.15, 0.2) is 0 Å². The van der Waals surface area contributed by atoms with Crippen LogP contribution in [-0.4, -0.2) is 105 Å². The van der Waals surface area contributed by atoms with E-state index in [4.69, 9.17) is 10.5 Å². The van der Waals surface area contributed by atoms with Gasteiger partial charge in [0.25, 0.3) is 0 Å². The molecule has 7 rings (SSSR count). The van der Waals surface area contributed by atoms with Crippen LogP contribution < -0.4 is 25.8 Å². The number of unbranched alkanes of at least 4 members (excludes halogenated alkanes) is 1. The van der Waals surface area contributed by atoms with Gasteiger partial charge in [0.1, 0.15) is 11.8 Å². The van der Waals surface area contributed by atoms with Gasteiger partial charge in [-0.05, 0) is 90.9 Å². The van der Waals surface area contributed by atoms with E-state index in [2.05, 4.69) is 50.6 Å². The van der Waals surface area contributed by atoms with Crippen molar-refractivity contribution in [3.63, 3.8) is 0 Å². The van der Waals surface area contributed by atoms with E-state index in [9.17, 15) is 22.8 Å². The molecule has 0 radical (unpaired) electrons. The van der Waals surface area contributed by atoms with E-state index in [1.54, 1.807) is 11.0 Å². The Morgan fingerprint density at radius 3 is 2.42 bits per heavy atom. The van der Waals surface area contributed by atoms with Crippen LogP contribution in [0.3, 0.4) is 0 Å². The maximum Gasteiger partial charge on any atom is 0.415 e. The zero-order chi connectivity index (χ0) is 42.1. The molecule has 2 atom stereocenters. The van der Waals surface area contributed by atoms with Crippen LogP contribution in [0.5, 0.6) is 5.75 Å². The number of hydrogen-bond acceptors (Lipinski definition) is 10. The Labute approximate surface area is 358 Å². The second kappa shape index (κ2) is 20.0. The summed E-state index contributed by atoms with van der Waals surface area (Å²) in [7, 11) is -3.33. The van der Waals surface area contributed by atoms with E-state index >= 15 is 0 Å². The third-order valence-corrected chi connectivity index (χ3v) is 14.1. The highest BCUT2D eigenvalue weighted by Gasteiger charge is 2.43. The van der Waals surface area contributed by atoms with Gasteiger partial charge in [0.05, 0.1) is 25.4 Å². The first-order valence-corrected chi connectivity index (χ1v) is 24.0. The van der Waals surface area contributed by atoms with Crippen molar-refractivity contribution in [2.75, 3.05) is 45.5 Å². The van der Waals surface area contributed by atoms with Crippen LogP contribution >= 0.6 is 11.3 Å². The summed E-state index contributed by atoms with van der Waals surface area (Å²) < 4.78 is 32.0. The third-order valence-electron chi connectivity index (χ3n) is 12.5. The number of nitrogens with zero attached hydrogens (tertiary/aromatic N) is 3. The fourth-order valence-electron chi connectivity index (χ4n) is 9.20. The highest BCUT2D eigenvalue weighted by molar-refractivity contribution is 7.88. The van der Waals surface area contributed by atoms with E-state index in [1.165, 1.54) is 28.2 Å². The summed E-state index contributed by atoms with van der Waals surface area (Å²) in [6.45, 7) is 4.36. The molecule has 4 aromatic rings. The van der Waals surface area contributed by atoms with Crippen molar-refractivity contribution < 1.29 is 27.5 Å². The van der Waals surface area contributed by atoms with Crippen molar-refractivity contribution in [3.8, 4) is 5.75 Å². The maximum atomic E-state index is 14.8. The number of nitrogens with two attached hydrogens (primary N) is 1. The number of sulfonamides is 1. The van der Waals surface area contributed by atoms with Crippen molar-refractivity contribution in [2.24, 2.45) is 11.1 Å². The predicted molar refractivity (Wildman–Crippen MR) is 236 cm³/mol. The van der Waals surface area contributed by atoms with Crippen molar-refractivity contribution in [1.29, 1.82) is 0 Å². The normalized spacial score (nSPS) is 21.6. The molecule has 60 heavy (non-hydrogen) atoms. The lowest BCUT2D eigenvalue weighted by Crippen LogP contribution is -2.64. The molecule has 3 amide bonds. The first-order chi connectivity index (χ1) is 29.0. The van der Waals surface area contributed by atoms with Crippen molar-refractivity contribution in [3.05, 3.63) is 100 Å². The summed E-state index contributed by atoms with van der Waals surface area (Å²) in [4.78, 5) is 49.4. The first-order valence-electron chi connectivity index (χ1n) is 21.2. The molecule has 13 nitrogen and oxygen atoms in total. The van der Waals surface area contributed by atoms with Crippen LogP contribution in [0, 0.1) is 5.41 Å². The van der Waals surface area contributed by atoms with Gasteiger partial charge >= 0.3 is 6.09 Å². The van der Waals surface area contributed by atoms with Gasteiger partial charge in [-0.15, -0.1) is 11.3 Å². The number of carbonyl (C=O) groups excluding carboxylic acids is 3.